The molecule has 0 N–H and O–H groups in total. The van der Waals surface area contributed by atoms with Crippen LogP contribution >= 0.6 is 11.6 Å². The van der Waals surface area contributed by atoms with E-state index in [4.69, 9.17) is 11.6 Å². The Labute approximate surface area is 152 Å². The summed E-state index contributed by atoms with van der Waals surface area (Å²) in [5.41, 5.74) is 2.81. The van der Waals surface area contributed by atoms with Crippen molar-refractivity contribution < 1.29 is 0 Å². The van der Waals surface area contributed by atoms with Crippen molar-refractivity contribution in [2.45, 2.75) is 5.54 Å². The highest BCUT2D eigenvalue weighted by Crippen LogP contribution is 2.40. The molecule has 4 rings (SSSR count). The van der Waals surface area contributed by atoms with Crippen molar-refractivity contribution >= 4 is 11.6 Å². The lowest BCUT2D eigenvalue weighted by atomic mass is 9.77. The third kappa shape index (κ3) is 2.65. The van der Waals surface area contributed by atoms with Gasteiger partial charge in [0, 0.05) is 6.20 Å². The average molecular weight is 345 g/mol. The molecule has 0 spiro atoms. The molecule has 122 valence electrons. The molecule has 25 heavy (non-hydrogen) atoms. The van der Waals surface area contributed by atoms with Gasteiger partial charge in [0.25, 0.3) is 0 Å². The van der Waals surface area contributed by atoms with Crippen molar-refractivity contribution in [1.82, 2.24) is 9.78 Å². The second-order valence-electron chi connectivity index (χ2n) is 5.91. The van der Waals surface area contributed by atoms with Crippen molar-refractivity contribution in [2.75, 3.05) is 0 Å². The summed E-state index contributed by atoms with van der Waals surface area (Å²) in [7, 11) is 0. The highest BCUT2D eigenvalue weighted by molar-refractivity contribution is 6.30. The highest BCUT2D eigenvalue weighted by Gasteiger charge is 2.39. The Bertz CT molecular complexity index is 850. The van der Waals surface area contributed by atoms with E-state index in [1.54, 1.807) is 6.20 Å². The summed E-state index contributed by atoms with van der Waals surface area (Å²) >= 11 is 6.25. The van der Waals surface area contributed by atoms with Crippen molar-refractivity contribution in [2.24, 2.45) is 0 Å². The van der Waals surface area contributed by atoms with Gasteiger partial charge in [-0.15, -0.1) is 0 Å². The first-order chi connectivity index (χ1) is 12.3. The van der Waals surface area contributed by atoms with Crippen molar-refractivity contribution in [3.63, 3.8) is 0 Å². The van der Waals surface area contributed by atoms with Gasteiger partial charge in [-0.2, -0.15) is 5.10 Å². The van der Waals surface area contributed by atoms with Gasteiger partial charge in [-0.1, -0.05) is 103 Å². The quantitative estimate of drug-likeness (QED) is 0.455. The zero-order chi connectivity index (χ0) is 17.1. The van der Waals surface area contributed by atoms with E-state index >= 15 is 0 Å². The average Bonchev–Trinajstić information content (AvgIpc) is 3.12. The first-order valence-electron chi connectivity index (χ1n) is 8.19. The first-order valence-corrected chi connectivity index (χ1v) is 8.57. The summed E-state index contributed by atoms with van der Waals surface area (Å²) < 4.78 is 1.95. The topological polar surface area (TPSA) is 17.8 Å². The predicted octanol–water partition coefficient (Wildman–Crippen LogP) is 5.38. The summed E-state index contributed by atoms with van der Waals surface area (Å²) in [6.07, 6.45) is 3.57. The molecule has 0 radical (unpaired) electrons. The molecule has 0 aliphatic carbocycles. The van der Waals surface area contributed by atoms with Gasteiger partial charge in [-0.3, -0.25) is 4.68 Å². The lowest BCUT2D eigenvalue weighted by Crippen LogP contribution is -2.38. The summed E-state index contributed by atoms with van der Waals surface area (Å²) in [6.45, 7) is 0. The maximum absolute atomic E-state index is 6.25. The van der Waals surface area contributed by atoms with Gasteiger partial charge in [0.1, 0.15) is 5.54 Å². The maximum atomic E-state index is 6.25. The van der Waals surface area contributed by atoms with Crippen LogP contribution < -0.4 is 0 Å². The molecule has 3 heteroatoms. The molecule has 0 aliphatic rings. The van der Waals surface area contributed by atoms with E-state index in [1.807, 2.05) is 29.1 Å². The number of rotatable bonds is 4. The van der Waals surface area contributed by atoms with E-state index in [9.17, 15) is 0 Å². The summed E-state index contributed by atoms with van der Waals surface area (Å²) in [5, 5.41) is 5.22. The molecule has 0 aliphatic heterocycles. The minimum Gasteiger partial charge on any atom is -0.252 e. The highest BCUT2D eigenvalue weighted by atomic mass is 35.5. The summed E-state index contributed by atoms with van der Waals surface area (Å²) in [4.78, 5) is 0. The Kier molecular flexibility index (Phi) is 4.12. The largest absolute Gasteiger partial charge is 0.252 e. The molecular formula is C22H17ClN2. The molecule has 2 nitrogen and oxygen atoms in total. The standard InChI is InChI=1S/C22H17ClN2/c23-21-16-24-25(17-21)22(18-10-4-1-5-11-18,19-12-6-2-7-13-19)20-14-8-3-9-15-20/h1-17H. The van der Waals surface area contributed by atoms with Crippen LogP contribution in [-0.4, -0.2) is 9.78 Å². The van der Waals surface area contributed by atoms with Gasteiger partial charge >= 0.3 is 0 Å². The third-order valence-corrected chi connectivity index (χ3v) is 4.66. The number of benzene rings is 3. The minimum absolute atomic E-state index is 0.586. The fourth-order valence-corrected chi connectivity index (χ4v) is 3.56. The Balaban J connectivity index is 2.12. The second-order valence-corrected chi connectivity index (χ2v) is 6.35. The molecule has 0 amide bonds. The normalized spacial score (nSPS) is 11.4. The van der Waals surface area contributed by atoms with Crippen LogP contribution in [0.3, 0.4) is 0 Å². The lowest BCUT2D eigenvalue weighted by Gasteiger charge is -2.36. The van der Waals surface area contributed by atoms with Gasteiger partial charge in [0.15, 0.2) is 0 Å². The van der Waals surface area contributed by atoms with Crippen LogP contribution in [0, 0.1) is 0 Å². The molecule has 4 aromatic rings. The zero-order valence-electron chi connectivity index (χ0n) is 13.6. The first kappa shape index (κ1) is 15.7. The van der Waals surface area contributed by atoms with Crippen molar-refractivity contribution in [3.05, 3.63) is 125 Å². The molecule has 1 aromatic heterocycles. The zero-order valence-corrected chi connectivity index (χ0v) is 14.3. The van der Waals surface area contributed by atoms with E-state index in [-0.39, 0.29) is 0 Å². The van der Waals surface area contributed by atoms with E-state index in [0.29, 0.717) is 5.02 Å². The summed E-state index contributed by atoms with van der Waals surface area (Å²) in [6, 6.07) is 31.2. The molecule has 0 saturated carbocycles. The Morgan fingerprint density at radius 2 is 1.04 bits per heavy atom. The third-order valence-electron chi connectivity index (χ3n) is 4.47. The molecule has 1 heterocycles. The van der Waals surface area contributed by atoms with Crippen LogP contribution in [-0.2, 0) is 5.54 Å². The minimum atomic E-state index is -0.586. The number of hydrogen-bond donors (Lipinski definition) is 0. The van der Waals surface area contributed by atoms with Crippen LogP contribution in [0.5, 0.6) is 0 Å². The monoisotopic (exact) mass is 344 g/mol. The molecule has 0 bridgehead atoms. The molecule has 0 atom stereocenters. The predicted molar refractivity (Wildman–Crippen MR) is 102 cm³/mol. The lowest BCUT2D eigenvalue weighted by molar-refractivity contribution is 0.460. The molecule has 3 aromatic carbocycles. The van der Waals surface area contributed by atoms with E-state index in [0.717, 1.165) is 16.7 Å². The van der Waals surface area contributed by atoms with Gasteiger partial charge < -0.3 is 0 Å². The van der Waals surface area contributed by atoms with E-state index < -0.39 is 5.54 Å². The fourth-order valence-electron chi connectivity index (χ4n) is 3.42. The molecule has 0 saturated heterocycles. The van der Waals surface area contributed by atoms with Crippen LogP contribution in [0.15, 0.2) is 103 Å². The van der Waals surface area contributed by atoms with E-state index in [1.165, 1.54) is 0 Å². The van der Waals surface area contributed by atoms with Gasteiger partial charge in [0.05, 0.1) is 11.2 Å². The second kappa shape index (κ2) is 6.58. The van der Waals surface area contributed by atoms with Gasteiger partial charge in [0.2, 0.25) is 0 Å². The smallest absolute Gasteiger partial charge is 0.138 e. The van der Waals surface area contributed by atoms with Crippen LogP contribution in [0.4, 0.5) is 0 Å². The molecular weight excluding hydrogens is 328 g/mol. The van der Waals surface area contributed by atoms with Crippen LogP contribution in [0.25, 0.3) is 0 Å². The van der Waals surface area contributed by atoms with Crippen LogP contribution in [0.2, 0.25) is 5.02 Å². The Morgan fingerprint density at radius 1 is 0.640 bits per heavy atom. The number of aromatic nitrogens is 2. The van der Waals surface area contributed by atoms with Crippen molar-refractivity contribution in [1.29, 1.82) is 0 Å². The fraction of sp³-hybridized carbons (Fsp3) is 0.0455. The molecule has 0 fully saturated rings. The SMILES string of the molecule is Clc1cnn(C(c2ccccc2)(c2ccccc2)c2ccccc2)c1. The van der Waals surface area contributed by atoms with Crippen molar-refractivity contribution in [3.8, 4) is 0 Å². The van der Waals surface area contributed by atoms with Gasteiger partial charge in [-0.25, -0.2) is 0 Å². The maximum Gasteiger partial charge on any atom is 0.138 e. The Hall–Kier alpha value is -2.84. The van der Waals surface area contributed by atoms with E-state index in [2.05, 4.69) is 77.9 Å². The summed E-state index contributed by atoms with van der Waals surface area (Å²) in [5.74, 6) is 0. The van der Waals surface area contributed by atoms with Crippen LogP contribution in [0.1, 0.15) is 16.7 Å². The number of halogens is 1. The molecule has 0 unspecified atom stereocenters. The Morgan fingerprint density at radius 3 is 1.36 bits per heavy atom. The van der Waals surface area contributed by atoms with Gasteiger partial charge in [-0.05, 0) is 16.7 Å². The number of nitrogens with zero attached hydrogens (tertiary/aromatic N) is 2. The number of hydrogen-bond acceptors (Lipinski definition) is 1.